The first kappa shape index (κ1) is 15.0. The summed E-state index contributed by atoms with van der Waals surface area (Å²) in [6, 6.07) is -0.304. The smallest absolute Gasteiger partial charge is 0.410 e. The molecule has 1 heterocycles. The molecule has 0 aliphatic carbocycles. The second kappa shape index (κ2) is 6.21. The molecular formula is C14H25NO3. The molecule has 104 valence electrons. The lowest BCUT2D eigenvalue weighted by Crippen LogP contribution is -2.40. The normalized spacial score (nSPS) is 24.1. The van der Waals surface area contributed by atoms with Crippen molar-refractivity contribution >= 4 is 12.4 Å². The summed E-state index contributed by atoms with van der Waals surface area (Å²) in [6.07, 6.45) is 4.67. The average Bonchev–Trinajstić information content (AvgIpc) is 2.67. The highest BCUT2D eigenvalue weighted by molar-refractivity contribution is 5.74. The minimum absolute atomic E-state index is 0.304. The predicted octanol–water partition coefficient (Wildman–Crippen LogP) is 3.00. The second-order valence-corrected chi connectivity index (χ2v) is 6.08. The van der Waals surface area contributed by atoms with Crippen LogP contribution in [0.25, 0.3) is 0 Å². The minimum atomic E-state index is -0.508. The summed E-state index contributed by atoms with van der Waals surface area (Å²) in [5.74, 6) is 0.438. The molecular weight excluding hydrogens is 230 g/mol. The van der Waals surface area contributed by atoms with Crippen molar-refractivity contribution in [3.8, 4) is 0 Å². The van der Waals surface area contributed by atoms with Crippen LogP contribution in [0.5, 0.6) is 0 Å². The van der Waals surface area contributed by atoms with Gasteiger partial charge in [-0.05, 0) is 39.5 Å². The van der Waals surface area contributed by atoms with Crippen molar-refractivity contribution < 1.29 is 14.3 Å². The zero-order valence-corrected chi connectivity index (χ0v) is 11.9. The molecule has 1 fully saturated rings. The zero-order valence-electron chi connectivity index (χ0n) is 11.9. The Morgan fingerprint density at radius 3 is 2.61 bits per heavy atom. The Morgan fingerprint density at radius 1 is 1.44 bits per heavy atom. The highest BCUT2D eigenvalue weighted by atomic mass is 16.6. The van der Waals surface area contributed by atoms with Crippen molar-refractivity contribution in [3.63, 3.8) is 0 Å². The van der Waals surface area contributed by atoms with E-state index in [9.17, 15) is 9.59 Å². The van der Waals surface area contributed by atoms with Crippen molar-refractivity contribution in [1.29, 1.82) is 0 Å². The number of hydrogen-bond acceptors (Lipinski definition) is 3. The van der Waals surface area contributed by atoms with Gasteiger partial charge in [0.25, 0.3) is 0 Å². The maximum absolute atomic E-state index is 12.0. The molecule has 2 atom stereocenters. The van der Waals surface area contributed by atoms with Gasteiger partial charge in [0.15, 0.2) is 0 Å². The van der Waals surface area contributed by atoms with Crippen LogP contribution in [0.1, 0.15) is 53.4 Å². The largest absolute Gasteiger partial charge is 0.444 e. The molecule has 1 amide bonds. The fraction of sp³-hybridized carbons (Fsp3) is 0.857. The number of unbranched alkanes of at least 4 members (excludes halogenated alkanes) is 1. The maximum Gasteiger partial charge on any atom is 0.410 e. The molecule has 0 radical (unpaired) electrons. The summed E-state index contributed by atoms with van der Waals surface area (Å²) in [6.45, 7) is 8.32. The molecule has 0 aromatic carbocycles. The number of carbonyl (C=O) groups is 2. The molecule has 4 nitrogen and oxygen atoms in total. The summed E-state index contributed by atoms with van der Waals surface area (Å²) in [5.41, 5.74) is -0.508. The molecule has 1 aliphatic rings. The van der Waals surface area contributed by atoms with Crippen LogP contribution in [0.15, 0.2) is 0 Å². The molecule has 0 saturated carbocycles. The molecule has 4 heteroatoms. The highest BCUT2D eigenvalue weighted by Crippen LogP contribution is 2.27. The van der Waals surface area contributed by atoms with E-state index in [-0.39, 0.29) is 12.1 Å². The standard InChI is InChI=1S/C14H25NO3/c1-5-6-7-11-8-12(10-16)15(9-11)13(17)18-14(2,3)4/h10-12H,5-9H2,1-4H3/t11-,12+/m1/s1. The van der Waals surface area contributed by atoms with E-state index in [1.807, 2.05) is 20.8 Å². The first-order chi connectivity index (χ1) is 8.37. The van der Waals surface area contributed by atoms with Gasteiger partial charge in [-0.1, -0.05) is 19.8 Å². The lowest BCUT2D eigenvalue weighted by atomic mass is 10.00. The van der Waals surface area contributed by atoms with Crippen molar-refractivity contribution in [2.45, 2.75) is 65.0 Å². The van der Waals surface area contributed by atoms with Gasteiger partial charge in [-0.3, -0.25) is 4.90 Å². The first-order valence-corrected chi connectivity index (χ1v) is 6.82. The van der Waals surface area contributed by atoms with Gasteiger partial charge < -0.3 is 9.53 Å². The van der Waals surface area contributed by atoms with Crippen LogP contribution < -0.4 is 0 Å². The van der Waals surface area contributed by atoms with E-state index in [1.165, 1.54) is 0 Å². The fourth-order valence-electron chi connectivity index (χ4n) is 2.32. The SMILES string of the molecule is CCCC[C@@H]1C[C@@H](C=O)N(C(=O)OC(C)(C)C)C1. The topological polar surface area (TPSA) is 46.6 Å². The van der Waals surface area contributed by atoms with E-state index in [2.05, 4.69) is 6.92 Å². The molecule has 1 rings (SSSR count). The fourth-order valence-corrected chi connectivity index (χ4v) is 2.32. The summed E-state index contributed by atoms with van der Waals surface area (Å²) in [4.78, 5) is 24.6. The van der Waals surface area contributed by atoms with E-state index >= 15 is 0 Å². The van der Waals surface area contributed by atoms with Gasteiger partial charge in [-0.15, -0.1) is 0 Å². The van der Waals surface area contributed by atoms with E-state index < -0.39 is 5.60 Å². The monoisotopic (exact) mass is 255 g/mol. The summed E-state index contributed by atoms with van der Waals surface area (Å²) in [5, 5.41) is 0. The van der Waals surface area contributed by atoms with Gasteiger partial charge in [0.05, 0.1) is 6.04 Å². The van der Waals surface area contributed by atoms with Crippen LogP contribution in [-0.2, 0) is 9.53 Å². The third-order valence-corrected chi connectivity index (χ3v) is 3.18. The number of aldehydes is 1. The summed E-state index contributed by atoms with van der Waals surface area (Å²) in [7, 11) is 0. The average molecular weight is 255 g/mol. The second-order valence-electron chi connectivity index (χ2n) is 6.08. The summed E-state index contributed by atoms with van der Waals surface area (Å²) >= 11 is 0. The van der Waals surface area contributed by atoms with Crippen LogP contribution in [0.3, 0.4) is 0 Å². The van der Waals surface area contributed by atoms with Gasteiger partial charge >= 0.3 is 6.09 Å². The van der Waals surface area contributed by atoms with Gasteiger partial charge in [-0.25, -0.2) is 4.79 Å². The van der Waals surface area contributed by atoms with Gasteiger partial charge in [0, 0.05) is 6.54 Å². The summed E-state index contributed by atoms with van der Waals surface area (Å²) < 4.78 is 5.33. The van der Waals surface area contributed by atoms with E-state index in [0.717, 1.165) is 32.0 Å². The van der Waals surface area contributed by atoms with E-state index in [4.69, 9.17) is 4.74 Å². The molecule has 0 aromatic heterocycles. The van der Waals surface area contributed by atoms with Gasteiger partial charge in [0.2, 0.25) is 0 Å². The van der Waals surface area contributed by atoms with Crippen molar-refractivity contribution in [2.75, 3.05) is 6.54 Å². The third-order valence-electron chi connectivity index (χ3n) is 3.18. The number of hydrogen-bond donors (Lipinski definition) is 0. The third kappa shape index (κ3) is 4.31. The van der Waals surface area contributed by atoms with Gasteiger partial charge in [0.1, 0.15) is 11.9 Å². The Bertz CT molecular complexity index is 296. The molecule has 0 bridgehead atoms. The molecule has 0 unspecified atom stereocenters. The van der Waals surface area contributed by atoms with Crippen molar-refractivity contribution in [1.82, 2.24) is 4.90 Å². The Labute approximate surface area is 110 Å². The molecule has 1 aliphatic heterocycles. The van der Waals surface area contributed by atoms with Crippen LogP contribution in [-0.4, -0.2) is 35.5 Å². The minimum Gasteiger partial charge on any atom is -0.444 e. The number of likely N-dealkylation sites (tertiary alicyclic amines) is 1. The Hall–Kier alpha value is -1.06. The highest BCUT2D eigenvalue weighted by Gasteiger charge is 2.36. The first-order valence-electron chi connectivity index (χ1n) is 6.82. The molecule has 0 N–H and O–H groups in total. The van der Waals surface area contributed by atoms with Crippen LogP contribution in [0.4, 0.5) is 4.79 Å². The van der Waals surface area contributed by atoms with Crippen LogP contribution in [0.2, 0.25) is 0 Å². The van der Waals surface area contributed by atoms with E-state index in [1.54, 1.807) is 4.90 Å². The zero-order chi connectivity index (χ0) is 13.8. The Balaban J connectivity index is 2.58. The van der Waals surface area contributed by atoms with Crippen LogP contribution >= 0.6 is 0 Å². The van der Waals surface area contributed by atoms with Crippen LogP contribution in [0, 0.1) is 5.92 Å². The number of ether oxygens (including phenoxy) is 1. The van der Waals surface area contributed by atoms with Gasteiger partial charge in [-0.2, -0.15) is 0 Å². The number of carbonyl (C=O) groups excluding carboxylic acids is 2. The molecule has 1 saturated heterocycles. The molecule has 0 aromatic rings. The Kier molecular flexibility index (Phi) is 5.17. The van der Waals surface area contributed by atoms with E-state index in [0.29, 0.717) is 12.5 Å². The number of rotatable bonds is 4. The quantitative estimate of drug-likeness (QED) is 0.725. The lowest BCUT2D eigenvalue weighted by Gasteiger charge is -2.26. The number of nitrogens with zero attached hydrogens (tertiary/aromatic N) is 1. The Morgan fingerprint density at radius 2 is 2.11 bits per heavy atom. The van der Waals surface area contributed by atoms with Crippen molar-refractivity contribution in [3.05, 3.63) is 0 Å². The maximum atomic E-state index is 12.0. The molecule has 0 spiro atoms. The number of amides is 1. The molecule has 18 heavy (non-hydrogen) atoms. The van der Waals surface area contributed by atoms with Crippen molar-refractivity contribution in [2.24, 2.45) is 5.92 Å². The lowest BCUT2D eigenvalue weighted by molar-refractivity contribution is -0.111. The predicted molar refractivity (Wildman–Crippen MR) is 70.4 cm³/mol.